The molecule has 1 aliphatic rings. The maximum absolute atomic E-state index is 14.9. The van der Waals surface area contributed by atoms with E-state index >= 15 is 0 Å². The van der Waals surface area contributed by atoms with Gasteiger partial charge in [-0.3, -0.25) is 19.2 Å². The number of carbonyl (C=O) groups is 2. The molecule has 1 aliphatic heterocycles. The van der Waals surface area contributed by atoms with Crippen LogP contribution in [0.2, 0.25) is 0 Å². The zero-order chi connectivity index (χ0) is 24.4. The zero-order valence-electron chi connectivity index (χ0n) is 19.2. The molecule has 0 unspecified atom stereocenters. The molecule has 34 heavy (non-hydrogen) atoms. The van der Waals surface area contributed by atoms with Gasteiger partial charge in [0.2, 0.25) is 11.8 Å². The van der Waals surface area contributed by atoms with Crippen molar-refractivity contribution in [2.45, 2.75) is 31.6 Å². The number of anilines is 1. The van der Waals surface area contributed by atoms with Crippen LogP contribution in [0.3, 0.4) is 0 Å². The van der Waals surface area contributed by atoms with E-state index in [0.717, 1.165) is 18.1 Å². The van der Waals surface area contributed by atoms with Crippen molar-refractivity contribution in [3.63, 3.8) is 0 Å². The lowest BCUT2D eigenvalue weighted by Gasteiger charge is -2.23. The van der Waals surface area contributed by atoms with Gasteiger partial charge < -0.3 is 5.32 Å². The number of fused-ring (bicyclic) bond motifs is 1. The number of benzene rings is 2. The lowest BCUT2D eigenvalue weighted by Crippen LogP contribution is -2.44. The number of nitrogens with one attached hydrogen (secondary N) is 1. The van der Waals surface area contributed by atoms with Crippen LogP contribution >= 0.6 is 11.8 Å². The number of nitrogens with zero attached hydrogens (tertiary/aromatic N) is 3. The Morgan fingerprint density at radius 3 is 2.65 bits per heavy atom. The average Bonchev–Trinajstić information content (AvgIpc) is 3.08. The van der Waals surface area contributed by atoms with Crippen LogP contribution in [-0.4, -0.2) is 39.9 Å². The van der Waals surface area contributed by atoms with Crippen molar-refractivity contribution in [2.24, 2.45) is 7.05 Å². The van der Waals surface area contributed by atoms with Gasteiger partial charge in [-0.2, -0.15) is 5.10 Å². The number of carbonyl (C=O) groups excluding carboxylic acids is 2. The third kappa shape index (κ3) is 4.70. The predicted octanol–water partition coefficient (Wildman–Crippen LogP) is 4.45. The van der Waals surface area contributed by atoms with Gasteiger partial charge in [-0.1, -0.05) is 43.3 Å². The Morgan fingerprint density at radius 2 is 1.97 bits per heavy atom. The van der Waals surface area contributed by atoms with Crippen molar-refractivity contribution >= 4 is 29.4 Å². The lowest BCUT2D eigenvalue weighted by molar-refractivity contribution is -0.123. The molecule has 1 aromatic heterocycles. The molecule has 0 aliphatic carbocycles. The molecule has 0 saturated carbocycles. The summed E-state index contributed by atoms with van der Waals surface area (Å²) in [6.45, 7) is 3.68. The van der Waals surface area contributed by atoms with Gasteiger partial charge in [-0.05, 0) is 19.4 Å². The SMILES string of the molecule is CC[C@@H](C)NC(=O)CN1C(=O)CS[C@@H](c2ccc(F)cc2F)c2c(-c3ccccc3)nn(C)c21. The van der Waals surface area contributed by atoms with E-state index in [4.69, 9.17) is 0 Å². The molecule has 2 aromatic carbocycles. The Hall–Kier alpha value is -3.20. The Labute approximate surface area is 201 Å². The number of hydrogen-bond donors (Lipinski definition) is 1. The van der Waals surface area contributed by atoms with E-state index in [9.17, 15) is 18.4 Å². The highest BCUT2D eigenvalue weighted by atomic mass is 32.2. The fraction of sp³-hybridized carbons (Fsp3) is 0.320. The average molecular weight is 485 g/mol. The molecule has 3 aromatic rings. The fourth-order valence-corrected chi connectivity index (χ4v) is 5.24. The maximum Gasteiger partial charge on any atom is 0.240 e. The third-order valence-electron chi connectivity index (χ3n) is 5.86. The van der Waals surface area contributed by atoms with E-state index < -0.39 is 16.9 Å². The van der Waals surface area contributed by atoms with Crippen LogP contribution < -0.4 is 10.2 Å². The van der Waals surface area contributed by atoms with Gasteiger partial charge in [0.1, 0.15) is 24.0 Å². The number of aryl methyl sites for hydroxylation is 1. The van der Waals surface area contributed by atoms with Gasteiger partial charge in [0.25, 0.3) is 0 Å². The molecular weight excluding hydrogens is 458 g/mol. The van der Waals surface area contributed by atoms with Crippen molar-refractivity contribution in [1.29, 1.82) is 0 Å². The molecule has 2 atom stereocenters. The molecule has 0 saturated heterocycles. The van der Waals surface area contributed by atoms with E-state index in [1.165, 1.54) is 28.8 Å². The van der Waals surface area contributed by atoms with Crippen molar-refractivity contribution in [3.05, 3.63) is 71.3 Å². The van der Waals surface area contributed by atoms with Crippen LogP contribution in [0.1, 0.15) is 36.6 Å². The van der Waals surface area contributed by atoms with E-state index in [1.807, 2.05) is 44.2 Å². The lowest BCUT2D eigenvalue weighted by atomic mass is 9.99. The highest BCUT2D eigenvalue weighted by Gasteiger charge is 2.37. The van der Waals surface area contributed by atoms with Gasteiger partial charge in [0, 0.05) is 35.8 Å². The first-order valence-electron chi connectivity index (χ1n) is 11.1. The van der Waals surface area contributed by atoms with E-state index in [-0.39, 0.29) is 35.7 Å². The summed E-state index contributed by atoms with van der Waals surface area (Å²) in [5.41, 5.74) is 2.26. The maximum atomic E-state index is 14.9. The van der Waals surface area contributed by atoms with Crippen LogP contribution in [0.15, 0.2) is 48.5 Å². The first kappa shape index (κ1) is 23.9. The summed E-state index contributed by atoms with van der Waals surface area (Å²) in [6, 6.07) is 12.8. The standard InChI is InChI=1S/C25H26F2N4O2S/c1-4-15(2)28-20(32)13-31-21(33)14-34-24(18-11-10-17(26)12-19(18)27)22-23(29-30(3)25(22)31)16-8-6-5-7-9-16/h5-12,15,24H,4,13-14H2,1-3H3,(H,28,32)/t15-,24+/m1/s1. The molecule has 178 valence electrons. The molecule has 2 heterocycles. The summed E-state index contributed by atoms with van der Waals surface area (Å²) in [4.78, 5) is 27.4. The van der Waals surface area contributed by atoms with Gasteiger partial charge >= 0.3 is 0 Å². The Balaban J connectivity index is 1.88. The van der Waals surface area contributed by atoms with Gasteiger partial charge in [-0.15, -0.1) is 11.8 Å². The minimum atomic E-state index is -0.693. The summed E-state index contributed by atoms with van der Waals surface area (Å²) < 4.78 is 30.2. The summed E-state index contributed by atoms with van der Waals surface area (Å²) in [6.07, 6.45) is 0.760. The van der Waals surface area contributed by atoms with Gasteiger partial charge in [-0.25, -0.2) is 8.78 Å². The molecule has 0 bridgehead atoms. The molecule has 6 nitrogen and oxygen atoms in total. The highest BCUT2D eigenvalue weighted by Crippen LogP contribution is 2.48. The fourth-order valence-electron chi connectivity index (χ4n) is 4.02. The molecule has 1 N–H and O–H groups in total. The van der Waals surface area contributed by atoms with Crippen molar-refractivity contribution in [2.75, 3.05) is 17.2 Å². The smallest absolute Gasteiger partial charge is 0.240 e. The summed E-state index contributed by atoms with van der Waals surface area (Å²) in [7, 11) is 1.70. The topological polar surface area (TPSA) is 67.2 Å². The molecule has 4 rings (SSSR count). The number of thioether (sulfide) groups is 1. The van der Waals surface area contributed by atoms with E-state index in [2.05, 4.69) is 10.4 Å². The summed E-state index contributed by atoms with van der Waals surface area (Å²) >= 11 is 1.24. The van der Waals surface area contributed by atoms with Gasteiger partial charge in [0.05, 0.1) is 16.7 Å². The number of amides is 2. The molecule has 0 radical (unpaired) electrons. The van der Waals surface area contributed by atoms with Crippen LogP contribution in [0.4, 0.5) is 14.6 Å². The summed E-state index contributed by atoms with van der Waals surface area (Å²) in [5, 5.41) is 6.95. The molecular formula is C25H26F2N4O2S. The number of hydrogen-bond acceptors (Lipinski definition) is 4. The van der Waals surface area contributed by atoms with Crippen LogP contribution in [-0.2, 0) is 16.6 Å². The largest absolute Gasteiger partial charge is 0.352 e. The van der Waals surface area contributed by atoms with Crippen LogP contribution in [0.25, 0.3) is 11.3 Å². The van der Waals surface area contributed by atoms with Crippen molar-refractivity contribution < 1.29 is 18.4 Å². The van der Waals surface area contributed by atoms with Gasteiger partial charge in [0.15, 0.2) is 0 Å². The quantitative estimate of drug-likeness (QED) is 0.562. The van der Waals surface area contributed by atoms with Crippen LogP contribution in [0, 0.1) is 11.6 Å². The zero-order valence-corrected chi connectivity index (χ0v) is 20.0. The second-order valence-electron chi connectivity index (χ2n) is 8.29. The Kier molecular flexibility index (Phi) is 7.02. The van der Waals surface area contributed by atoms with Crippen molar-refractivity contribution in [1.82, 2.24) is 15.1 Å². The molecule has 2 amide bonds. The highest BCUT2D eigenvalue weighted by molar-refractivity contribution is 8.00. The Bertz CT molecular complexity index is 1220. The molecule has 9 heteroatoms. The molecule has 0 spiro atoms. The first-order chi connectivity index (χ1) is 16.3. The van der Waals surface area contributed by atoms with Crippen molar-refractivity contribution in [3.8, 4) is 11.3 Å². The first-order valence-corrected chi connectivity index (χ1v) is 12.1. The second-order valence-corrected chi connectivity index (χ2v) is 9.38. The van der Waals surface area contributed by atoms with Crippen LogP contribution in [0.5, 0.6) is 0 Å². The van der Waals surface area contributed by atoms with E-state index in [1.54, 1.807) is 11.7 Å². The summed E-state index contributed by atoms with van der Waals surface area (Å²) in [5.74, 6) is -1.47. The monoisotopic (exact) mass is 484 g/mol. The second kappa shape index (κ2) is 9.97. The Morgan fingerprint density at radius 1 is 1.24 bits per heavy atom. The third-order valence-corrected chi connectivity index (χ3v) is 7.10. The minimum absolute atomic E-state index is 0.0288. The molecule has 0 fully saturated rings. The van der Waals surface area contributed by atoms with E-state index in [0.29, 0.717) is 17.1 Å². The predicted molar refractivity (Wildman–Crippen MR) is 130 cm³/mol. The number of aromatic nitrogens is 2. The number of halogens is 2. The normalized spacial score (nSPS) is 16.7. The number of rotatable bonds is 6. The minimum Gasteiger partial charge on any atom is -0.352 e.